The Kier molecular flexibility index (Phi) is 4.78. The molecule has 1 N–H and O–H groups in total. The maximum Gasteiger partial charge on any atom is 0.250 e. The van der Waals surface area contributed by atoms with E-state index in [1.807, 2.05) is 13.8 Å². The third-order valence-corrected chi connectivity index (χ3v) is 4.34. The third kappa shape index (κ3) is 3.55. The summed E-state index contributed by atoms with van der Waals surface area (Å²) >= 11 is 0. The highest BCUT2D eigenvalue weighted by Crippen LogP contribution is 2.20. The van der Waals surface area contributed by atoms with Crippen LogP contribution in [-0.4, -0.2) is 45.2 Å². The van der Waals surface area contributed by atoms with Gasteiger partial charge in [-0.25, -0.2) is 9.37 Å². The average molecular weight is 332 g/mol. The first-order chi connectivity index (χ1) is 11.5. The summed E-state index contributed by atoms with van der Waals surface area (Å²) in [5.41, 5.74) is 2.71. The van der Waals surface area contributed by atoms with Gasteiger partial charge in [0.25, 0.3) is 5.88 Å². The summed E-state index contributed by atoms with van der Waals surface area (Å²) in [5.74, 6) is -0.443. The summed E-state index contributed by atoms with van der Waals surface area (Å²) in [6.45, 7) is 4.94. The van der Waals surface area contributed by atoms with Gasteiger partial charge < -0.3 is 9.64 Å². The molecule has 0 radical (unpaired) electrons. The highest BCUT2D eigenvalue weighted by atomic mass is 19.1. The van der Waals surface area contributed by atoms with Crippen molar-refractivity contribution in [2.45, 2.75) is 39.2 Å². The van der Waals surface area contributed by atoms with Crippen LogP contribution in [0.4, 0.5) is 4.39 Å². The summed E-state index contributed by atoms with van der Waals surface area (Å²) < 4.78 is 19.3. The molecule has 1 atom stereocenters. The number of pyridine rings is 1. The van der Waals surface area contributed by atoms with Crippen molar-refractivity contribution in [3.63, 3.8) is 0 Å². The molecule has 2 aromatic heterocycles. The van der Waals surface area contributed by atoms with E-state index in [2.05, 4.69) is 15.2 Å². The van der Waals surface area contributed by atoms with E-state index in [0.29, 0.717) is 19.5 Å². The van der Waals surface area contributed by atoms with Crippen LogP contribution in [0, 0.1) is 19.7 Å². The molecule has 1 saturated heterocycles. The number of likely N-dealkylation sites (tertiary alicyclic amines) is 1. The number of aromatic amines is 1. The second-order valence-electron chi connectivity index (χ2n) is 6.10. The third-order valence-electron chi connectivity index (χ3n) is 4.34. The molecule has 24 heavy (non-hydrogen) atoms. The Morgan fingerprint density at radius 1 is 1.50 bits per heavy atom. The first-order valence-electron chi connectivity index (χ1n) is 8.10. The number of nitrogens with one attached hydrogen (secondary N) is 1. The number of aromatic nitrogens is 3. The highest BCUT2D eigenvalue weighted by molar-refractivity contribution is 5.79. The fourth-order valence-electron chi connectivity index (χ4n) is 2.97. The largest absolute Gasteiger partial charge is 0.470 e. The zero-order valence-electron chi connectivity index (χ0n) is 13.9. The summed E-state index contributed by atoms with van der Waals surface area (Å²) in [7, 11) is 0. The number of piperidine rings is 1. The molecule has 1 fully saturated rings. The Balaban J connectivity index is 1.63. The SMILES string of the molecule is Cc1n[nH]c(C)c1CC(=O)N1CCCC(Oc2ncccc2F)C1. The van der Waals surface area contributed by atoms with Gasteiger partial charge in [-0.05, 0) is 38.8 Å². The number of hydrogen-bond acceptors (Lipinski definition) is 4. The van der Waals surface area contributed by atoms with E-state index in [9.17, 15) is 9.18 Å². The van der Waals surface area contributed by atoms with Crippen LogP contribution in [0.2, 0.25) is 0 Å². The van der Waals surface area contributed by atoms with Gasteiger partial charge in [0.15, 0.2) is 5.82 Å². The molecule has 0 aromatic carbocycles. The molecule has 1 aliphatic rings. The van der Waals surface area contributed by atoms with Crippen molar-refractivity contribution in [2.24, 2.45) is 0 Å². The molecule has 2 aromatic rings. The van der Waals surface area contributed by atoms with E-state index in [0.717, 1.165) is 29.8 Å². The van der Waals surface area contributed by atoms with Crippen molar-refractivity contribution < 1.29 is 13.9 Å². The zero-order chi connectivity index (χ0) is 17.1. The predicted molar refractivity (Wildman–Crippen MR) is 86.2 cm³/mol. The topological polar surface area (TPSA) is 71.1 Å². The van der Waals surface area contributed by atoms with Gasteiger partial charge >= 0.3 is 0 Å². The number of carbonyl (C=O) groups is 1. The minimum Gasteiger partial charge on any atom is -0.470 e. The van der Waals surface area contributed by atoms with Crippen molar-refractivity contribution in [1.29, 1.82) is 0 Å². The number of amides is 1. The van der Waals surface area contributed by atoms with E-state index in [1.54, 1.807) is 4.90 Å². The number of carbonyl (C=O) groups excluding carboxylic acids is 1. The van der Waals surface area contributed by atoms with Gasteiger partial charge in [-0.3, -0.25) is 9.89 Å². The van der Waals surface area contributed by atoms with Gasteiger partial charge in [0.2, 0.25) is 5.91 Å². The second-order valence-corrected chi connectivity index (χ2v) is 6.10. The molecule has 1 aliphatic heterocycles. The van der Waals surface area contributed by atoms with Gasteiger partial charge in [0.05, 0.1) is 18.7 Å². The minimum atomic E-state index is -0.481. The van der Waals surface area contributed by atoms with Gasteiger partial charge in [-0.2, -0.15) is 5.10 Å². The van der Waals surface area contributed by atoms with Crippen LogP contribution in [0.25, 0.3) is 0 Å². The molecule has 6 nitrogen and oxygen atoms in total. The number of H-pyrrole nitrogens is 1. The van der Waals surface area contributed by atoms with Crippen LogP contribution in [-0.2, 0) is 11.2 Å². The summed E-state index contributed by atoms with van der Waals surface area (Å²) in [6.07, 6.45) is 3.18. The monoisotopic (exact) mass is 332 g/mol. The van der Waals surface area contributed by atoms with E-state index < -0.39 is 5.82 Å². The van der Waals surface area contributed by atoms with Crippen molar-refractivity contribution in [3.05, 3.63) is 41.1 Å². The quantitative estimate of drug-likeness (QED) is 0.931. The molecule has 0 bridgehead atoms. The van der Waals surface area contributed by atoms with E-state index >= 15 is 0 Å². The maximum absolute atomic E-state index is 13.7. The van der Waals surface area contributed by atoms with Crippen molar-refractivity contribution in [2.75, 3.05) is 13.1 Å². The van der Waals surface area contributed by atoms with Crippen LogP contribution in [0.3, 0.4) is 0 Å². The number of nitrogens with zero attached hydrogens (tertiary/aromatic N) is 3. The summed E-state index contributed by atoms with van der Waals surface area (Å²) in [5, 5.41) is 7.02. The molecule has 128 valence electrons. The normalized spacial score (nSPS) is 17.8. The number of ether oxygens (including phenoxy) is 1. The van der Waals surface area contributed by atoms with Gasteiger partial charge in [0.1, 0.15) is 6.10 Å². The fourth-order valence-corrected chi connectivity index (χ4v) is 2.97. The number of hydrogen-bond donors (Lipinski definition) is 1. The standard InChI is InChI=1S/C17H21FN4O2/c1-11-14(12(2)21-20-11)9-16(23)22-8-4-5-13(10-22)24-17-15(18)6-3-7-19-17/h3,6-7,13H,4-5,8-10H2,1-2H3,(H,20,21). The Morgan fingerprint density at radius 3 is 3.04 bits per heavy atom. The minimum absolute atomic E-state index is 0.00155. The van der Waals surface area contributed by atoms with Crippen LogP contribution in [0.15, 0.2) is 18.3 Å². The van der Waals surface area contributed by atoms with Crippen molar-refractivity contribution in [3.8, 4) is 5.88 Å². The highest BCUT2D eigenvalue weighted by Gasteiger charge is 2.26. The lowest BCUT2D eigenvalue weighted by molar-refractivity contribution is -0.133. The van der Waals surface area contributed by atoms with Crippen LogP contribution in [0.5, 0.6) is 5.88 Å². The number of aryl methyl sites for hydroxylation is 2. The van der Waals surface area contributed by atoms with E-state index in [1.165, 1.54) is 18.3 Å². The number of halogens is 1. The molecule has 1 unspecified atom stereocenters. The smallest absolute Gasteiger partial charge is 0.250 e. The zero-order valence-corrected chi connectivity index (χ0v) is 13.9. The molecular formula is C17H21FN4O2. The van der Waals surface area contributed by atoms with Crippen LogP contribution < -0.4 is 4.74 Å². The van der Waals surface area contributed by atoms with Gasteiger partial charge in [-0.15, -0.1) is 0 Å². The van der Waals surface area contributed by atoms with Crippen molar-refractivity contribution >= 4 is 5.91 Å². The Hall–Kier alpha value is -2.44. The van der Waals surface area contributed by atoms with Gasteiger partial charge in [-0.1, -0.05) is 0 Å². The van der Waals surface area contributed by atoms with Crippen LogP contribution >= 0.6 is 0 Å². The molecule has 7 heteroatoms. The molecule has 1 amide bonds. The first-order valence-corrected chi connectivity index (χ1v) is 8.10. The average Bonchev–Trinajstić information content (AvgIpc) is 2.89. The van der Waals surface area contributed by atoms with Crippen LogP contribution in [0.1, 0.15) is 29.8 Å². The summed E-state index contributed by atoms with van der Waals surface area (Å²) in [6, 6.07) is 2.84. The van der Waals surface area contributed by atoms with Crippen molar-refractivity contribution in [1.82, 2.24) is 20.1 Å². The molecular weight excluding hydrogens is 311 g/mol. The second kappa shape index (κ2) is 6.98. The van der Waals surface area contributed by atoms with E-state index in [4.69, 9.17) is 4.74 Å². The predicted octanol–water partition coefficient (Wildman–Crippen LogP) is 2.17. The fraction of sp³-hybridized carbons (Fsp3) is 0.471. The molecule has 0 saturated carbocycles. The molecule has 0 spiro atoms. The lowest BCUT2D eigenvalue weighted by Gasteiger charge is -2.32. The van der Waals surface area contributed by atoms with E-state index in [-0.39, 0.29) is 17.9 Å². The molecule has 3 rings (SSSR count). The van der Waals surface area contributed by atoms with Gasteiger partial charge in [0, 0.05) is 24.0 Å². The Labute approximate surface area is 140 Å². The first kappa shape index (κ1) is 16.4. The lowest BCUT2D eigenvalue weighted by Crippen LogP contribution is -2.45. The summed E-state index contributed by atoms with van der Waals surface area (Å²) in [4.78, 5) is 18.3. The number of rotatable bonds is 4. The molecule has 3 heterocycles. The Bertz CT molecular complexity index is 712. The molecule has 0 aliphatic carbocycles. The lowest BCUT2D eigenvalue weighted by atomic mass is 10.1. The Morgan fingerprint density at radius 2 is 2.33 bits per heavy atom. The maximum atomic E-state index is 13.7.